The highest BCUT2D eigenvalue weighted by atomic mass is 16.7. The molecule has 47 heavy (non-hydrogen) atoms. The third kappa shape index (κ3) is 9.01. The smallest absolute Gasteiger partial charge is 0.286 e. The Kier molecular flexibility index (Phi) is 12.1. The van der Waals surface area contributed by atoms with Crippen LogP contribution in [0.5, 0.6) is 11.5 Å². The maximum absolute atomic E-state index is 13.5. The minimum absolute atomic E-state index is 0.0363. The summed E-state index contributed by atoms with van der Waals surface area (Å²) in [4.78, 5) is 26.1. The van der Waals surface area contributed by atoms with E-state index in [1.54, 1.807) is 48.5 Å². The van der Waals surface area contributed by atoms with Gasteiger partial charge in [0.05, 0.1) is 37.8 Å². The van der Waals surface area contributed by atoms with Crippen LogP contribution in [0.4, 0.5) is 11.4 Å². The molecule has 0 radical (unpaired) electrons. The van der Waals surface area contributed by atoms with Crippen molar-refractivity contribution in [3.8, 4) is 11.5 Å². The Hall–Kier alpha value is -4.62. The molecule has 250 valence electrons. The Morgan fingerprint density at radius 3 is 2.47 bits per heavy atom. The molecule has 3 aromatic rings. The first kappa shape index (κ1) is 33.7. The van der Waals surface area contributed by atoms with Gasteiger partial charge in [-0.2, -0.15) is 0 Å². The number of carbonyl (C=O) groups excluding carboxylic acids is 2. The fourth-order valence-corrected chi connectivity index (χ4v) is 5.39. The Labute approximate surface area is 273 Å². The lowest BCUT2D eigenvalue weighted by Gasteiger charge is -2.37. The quantitative estimate of drug-likeness (QED) is 0.132. The standard InChI is InChI=1S/C35H41N3O9/c1-2-44-35-26(13-15-42-17-18-43-16-14-39)27(25-11-12-30-31(19-25)46-22-45-30)20-32(47-35)34(41)37-21-23-7-9-24(10-8-23)33(40)38-29-6-4-3-5-28(29)36/h3-12,19-20,26-27,35,39H,2,13-18,21-22,36H2,1H3,(H,37,41)(H,38,40)/t26-,27+,35+/m0/s1. The fraction of sp³-hybridized carbons (Fsp3) is 0.371. The average molecular weight is 648 g/mol. The lowest BCUT2D eigenvalue weighted by Crippen LogP contribution is -2.39. The molecule has 0 unspecified atom stereocenters. The van der Waals surface area contributed by atoms with Gasteiger partial charge in [-0.25, -0.2) is 0 Å². The van der Waals surface area contributed by atoms with Gasteiger partial charge in [0.1, 0.15) is 0 Å². The zero-order valence-corrected chi connectivity index (χ0v) is 26.3. The molecule has 3 aromatic carbocycles. The van der Waals surface area contributed by atoms with Gasteiger partial charge in [-0.1, -0.05) is 30.3 Å². The normalized spacial score (nSPS) is 18.3. The summed E-state index contributed by atoms with van der Waals surface area (Å²) < 4.78 is 34.4. The Balaban J connectivity index is 1.26. The van der Waals surface area contributed by atoms with Crippen molar-refractivity contribution in [2.75, 3.05) is 57.5 Å². The summed E-state index contributed by atoms with van der Waals surface area (Å²) in [6.07, 6.45) is 1.71. The number of carbonyl (C=O) groups is 2. The van der Waals surface area contributed by atoms with Crippen LogP contribution < -0.4 is 25.8 Å². The van der Waals surface area contributed by atoms with Crippen LogP contribution in [0.25, 0.3) is 0 Å². The van der Waals surface area contributed by atoms with E-state index in [9.17, 15) is 9.59 Å². The molecule has 0 aliphatic carbocycles. The van der Waals surface area contributed by atoms with E-state index >= 15 is 0 Å². The number of benzene rings is 3. The van der Waals surface area contributed by atoms with Gasteiger partial charge in [0, 0.05) is 37.2 Å². The van der Waals surface area contributed by atoms with Gasteiger partial charge in [-0.3, -0.25) is 9.59 Å². The van der Waals surface area contributed by atoms with Crippen molar-refractivity contribution < 1.29 is 43.1 Å². The molecule has 0 bridgehead atoms. The summed E-state index contributed by atoms with van der Waals surface area (Å²) in [5, 5.41) is 14.6. The molecular weight excluding hydrogens is 606 g/mol. The predicted octanol–water partition coefficient (Wildman–Crippen LogP) is 3.96. The third-order valence-electron chi connectivity index (χ3n) is 7.80. The number of nitrogens with one attached hydrogen (secondary N) is 2. The van der Waals surface area contributed by atoms with E-state index in [4.69, 9.17) is 39.3 Å². The van der Waals surface area contributed by atoms with Crippen molar-refractivity contribution in [3.05, 3.63) is 95.3 Å². The van der Waals surface area contributed by atoms with Gasteiger partial charge in [0.25, 0.3) is 11.8 Å². The zero-order valence-electron chi connectivity index (χ0n) is 26.3. The van der Waals surface area contributed by atoms with Crippen molar-refractivity contribution >= 4 is 23.2 Å². The zero-order chi connectivity index (χ0) is 33.0. The number of hydrogen-bond donors (Lipinski definition) is 4. The van der Waals surface area contributed by atoms with Crippen molar-refractivity contribution in [1.29, 1.82) is 0 Å². The van der Waals surface area contributed by atoms with Crippen LogP contribution in [0.1, 0.15) is 40.7 Å². The lowest BCUT2D eigenvalue weighted by molar-refractivity contribution is -0.168. The molecule has 2 heterocycles. The molecule has 5 rings (SSSR count). The Bertz CT molecular complexity index is 1530. The van der Waals surface area contributed by atoms with Gasteiger partial charge < -0.3 is 49.9 Å². The average Bonchev–Trinajstić information content (AvgIpc) is 3.56. The molecule has 12 nitrogen and oxygen atoms in total. The van der Waals surface area contributed by atoms with Crippen molar-refractivity contribution in [2.45, 2.75) is 32.1 Å². The maximum Gasteiger partial charge on any atom is 0.286 e. The molecule has 2 amide bonds. The number of hydrogen-bond acceptors (Lipinski definition) is 10. The number of allylic oxidation sites excluding steroid dienone is 1. The van der Waals surface area contributed by atoms with Crippen LogP contribution in [0, 0.1) is 5.92 Å². The van der Waals surface area contributed by atoms with E-state index in [0.717, 1.165) is 11.1 Å². The predicted molar refractivity (Wildman–Crippen MR) is 174 cm³/mol. The molecule has 5 N–H and O–H groups in total. The van der Waals surface area contributed by atoms with E-state index in [1.165, 1.54) is 0 Å². The van der Waals surface area contributed by atoms with Gasteiger partial charge in [0.2, 0.25) is 13.1 Å². The molecule has 12 heteroatoms. The molecule has 0 saturated heterocycles. The number of fused-ring (bicyclic) bond motifs is 1. The van der Waals surface area contributed by atoms with Crippen LogP contribution in [0.2, 0.25) is 0 Å². The molecule has 0 aromatic heterocycles. The summed E-state index contributed by atoms with van der Waals surface area (Å²) in [6.45, 7) is 4.05. The van der Waals surface area contributed by atoms with E-state index in [-0.39, 0.29) is 50.1 Å². The second-order valence-corrected chi connectivity index (χ2v) is 10.9. The number of nitrogens with two attached hydrogens (primary N) is 1. The number of amides is 2. The maximum atomic E-state index is 13.5. The van der Waals surface area contributed by atoms with Crippen molar-refractivity contribution in [3.63, 3.8) is 0 Å². The summed E-state index contributed by atoms with van der Waals surface area (Å²) in [5.74, 6) is 0.359. The molecule has 2 aliphatic rings. The van der Waals surface area contributed by atoms with Crippen molar-refractivity contribution in [1.82, 2.24) is 5.32 Å². The number of anilines is 2. The van der Waals surface area contributed by atoms with Crippen LogP contribution in [-0.2, 0) is 30.3 Å². The summed E-state index contributed by atoms with van der Waals surface area (Å²) in [6, 6.07) is 19.7. The molecule has 3 atom stereocenters. The number of aliphatic hydroxyl groups is 1. The number of ether oxygens (including phenoxy) is 6. The Morgan fingerprint density at radius 1 is 0.936 bits per heavy atom. The summed E-state index contributed by atoms with van der Waals surface area (Å²) in [7, 11) is 0. The second kappa shape index (κ2) is 16.8. The van der Waals surface area contributed by atoms with Gasteiger partial charge >= 0.3 is 0 Å². The van der Waals surface area contributed by atoms with E-state index < -0.39 is 12.2 Å². The van der Waals surface area contributed by atoms with Gasteiger partial charge in [-0.15, -0.1) is 0 Å². The highest BCUT2D eigenvalue weighted by Crippen LogP contribution is 2.42. The monoisotopic (exact) mass is 647 g/mol. The molecule has 0 spiro atoms. The topological polar surface area (TPSA) is 160 Å². The van der Waals surface area contributed by atoms with Crippen molar-refractivity contribution in [2.24, 2.45) is 5.92 Å². The lowest BCUT2D eigenvalue weighted by atomic mass is 9.81. The first-order valence-electron chi connectivity index (χ1n) is 15.7. The molecule has 0 fully saturated rings. The third-order valence-corrected chi connectivity index (χ3v) is 7.80. The van der Waals surface area contributed by atoms with E-state index in [0.29, 0.717) is 61.3 Å². The summed E-state index contributed by atoms with van der Waals surface area (Å²) in [5.41, 5.74) is 9.14. The van der Waals surface area contributed by atoms with E-state index in [1.807, 2.05) is 31.2 Å². The number of aliphatic hydroxyl groups excluding tert-OH is 1. The second-order valence-electron chi connectivity index (χ2n) is 10.9. The minimum atomic E-state index is -0.702. The largest absolute Gasteiger partial charge is 0.459 e. The number of nitrogen functional groups attached to an aromatic ring is 1. The number of para-hydroxylation sites is 2. The minimum Gasteiger partial charge on any atom is -0.459 e. The molecule has 2 aliphatic heterocycles. The van der Waals surface area contributed by atoms with Gasteiger partial charge in [0.15, 0.2) is 17.3 Å². The summed E-state index contributed by atoms with van der Waals surface area (Å²) >= 11 is 0. The van der Waals surface area contributed by atoms with Crippen LogP contribution >= 0.6 is 0 Å². The SMILES string of the molecule is CCO[C@@H]1OC(C(=O)NCc2ccc(C(=O)Nc3ccccc3N)cc2)=C[C@H](c2ccc3c(c2)OCO3)[C@@H]1CCOCCOCCO. The number of rotatable bonds is 16. The van der Waals surface area contributed by atoms with Crippen LogP contribution in [0.15, 0.2) is 78.6 Å². The van der Waals surface area contributed by atoms with Gasteiger partial charge in [-0.05, 0) is 66.9 Å². The highest BCUT2D eigenvalue weighted by Gasteiger charge is 2.38. The molecular formula is C35H41N3O9. The Morgan fingerprint density at radius 2 is 1.70 bits per heavy atom. The van der Waals surface area contributed by atoms with Crippen LogP contribution in [0.3, 0.4) is 0 Å². The highest BCUT2D eigenvalue weighted by molar-refractivity contribution is 6.05. The first-order chi connectivity index (χ1) is 23.0. The first-order valence-corrected chi connectivity index (χ1v) is 15.7. The van der Waals surface area contributed by atoms with Crippen LogP contribution in [-0.4, -0.2) is 69.6 Å². The van der Waals surface area contributed by atoms with E-state index in [2.05, 4.69) is 10.6 Å². The molecule has 0 saturated carbocycles. The fourth-order valence-electron chi connectivity index (χ4n) is 5.39.